The number of halogens is 1. The summed E-state index contributed by atoms with van der Waals surface area (Å²) in [4.78, 5) is 10.4. The molecule has 0 heterocycles. The number of nitrogens with one attached hydrogen (secondary N) is 1. The molecule has 0 aliphatic heterocycles. The summed E-state index contributed by atoms with van der Waals surface area (Å²) in [7, 11) is 1.76. The highest BCUT2D eigenvalue weighted by Gasteiger charge is 2.11. The molecule has 0 saturated heterocycles. The molecular formula is C15H15ClN2O3. The van der Waals surface area contributed by atoms with Gasteiger partial charge < -0.3 is 10.1 Å². The van der Waals surface area contributed by atoms with Crippen molar-refractivity contribution in [2.45, 2.75) is 13.5 Å². The van der Waals surface area contributed by atoms with Gasteiger partial charge in [0, 0.05) is 35.5 Å². The Balaban J connectivity index is 2.22. The normalized spacial score (nSPS) is 10.2. The third kappa shape index (κ3) is 3.64. The van der Waals surface area contributed by atoms with Crippen molar-refractivity contribution in [1.29, 1.82) is 0 Å². The predicted molar refractivity (Wildman–Crippen MR) is 83.2 cm³/mol. The number of aryl methyl sites for hydroxylation is 1. The SMILES string of the molecule is CNc1ccc([N+](=O)[O-])cc1COc1ccc(Cl)cc1C. The lowest BCUT2D eigenvalue weighted by Crippen LogP contribution is -2.02. The van der Waals surface area contributed by atoms with E-state index in [1.54, 1.807) is 25.2 Å². The van der Waals surface area contributed by atoms with Crippen LogP contribution >= 0.6 is 11.6 Å². The maximum Gasteiger partial charge on any atom is 0.269 e. The van der Waals surface area contributed by atoms with Crippen LogP contribution in [0.25, 0.3) is 0 Å². The third-order valence-electron chi connectivity index (χ3n) is 3.09. The zero-order chi connectivity index (χ0) is 15.4. The Morgan fingerprint density at radius 2 is 2.05 bits per heavy atom. The van der Waals surface area contributed by atoms with Gasteiger partial charge in [0.05, 0.1) is 4.92 Å². The van der Waals surface area contributed by atoms with E-state index in [4.69, 9.17) is 16.3 Å². The minimum absolute atomic E-state index is 0.0421. The summed E-state index contributed by atoms with van der Waals surface area (Å²) in [5, 5.41) is 14.5. The van der Waals surface area contributed by atoms with Gasteiger partial charge in [-0.05, 0) is 36.8 Å². The molecule has 0 atom stereocenters. The number of ether oxygens (including phenoxy) is 1. The van der Waals surface area contributed by atoms with Gasteiger partial charge in [-0.25, -0.2) is 0 Å². The molecule has 0 aliphatic rings. The second kappa shape index (κ2) is 6.45. The van der Waals surface area contributed by atoms with Crippen molar-refractivity contribution >= 4 is 23.0 Å². The number of nitro benzene ring substituents is 1. The summed E-state index contributed by atoms with van der Waals surface area (Å²) >= 11 is 5.90. The zero-order valence-corrected chi connectivity index (χ0v) is 12.5. The van der Waals surface area contributed by atoms with E-state index in [1.165, 1.54) is 12.1 Å². The van der Waals surface area contributed by atoms with Crippen LogP contribution in [0.2, 0.25) is 5.02 Å². The highest BCUT2D eigenvalue weighted by molar-refractivity contribution is 6.30. The number of nitrogens with zero attached hydrogens (tertiary/aromatic N) is 1. The van der Waals surface area contributed by atoms with Crippen LogP contribution in [-0.4, -0.2) is 12.0 Å². The zero-order valence-electron chi connectivity index (χ0n) is 11.7. The first-order valence-electron chi connectivity index (χ1n) is 6.35. The summed E-state index contributed by atoms with van der Waals surface area (Å²) in [5.74, 6) is 0.702. The number of hydrogen-bond donors (Lipinski definition) is 1. The minimum atomic E-state index is -0.420. The Kier molecular flexibility index (Phi) is 4.65. The second-order valence-electron chi connectivity index (χ2n) is 4.55. The highest BCUT2D eigenvalue weighted by atomic mass is 35.5. The molecule has 0 radical (unpaired) electrons. The summed E-state index contributed by atoms with van der Waals surface area (Å²) in [6.07, 6.45) is 0. The fourth-order valence-electron chi connectivity index (χ4n) is 1.99. The van der Waals surface area contributed by atoms with E-state index >= 15 is 0 Å². The summed E-state index contributed by atoms with van der Waals surface area (Å²) in [5.41, 5.74) is 2.48. The predicted octanol–water partition coefficient (Wildman–Crippen LogP) is 4.18. The molecule has 0 fully saturated rings. The van der Waals surface area contributed by atoms with E-state index in [0.29, 0.717) is 10.8 Å². The molecule has 1 N–H and O–H groups in total. The van der Waals surface area contributed by atoms with Crippen LogP contribution in [0.3, 0.4) is 0 Å². The molecule has 2 rings (SSSR count). The fraction of sp³-hybridized carbons (Fsp3) is 0.200. The molecule has 0 unspecified atom stereocenters. The molecular weight excluding hydrogens is 292 g/mol. The topological polar surface area (TPSA) is 64.4 Å². The van der Waals surface area contributed by atoms with E-state index in [0.717, 1.165) is 16.8 Å². The van der Waals surface area contributed by atoms with E-state index in [1.807, 2.05) is 13.0 Å². The van der Waals surface area contributed by atoms with E-state index in [-0.39, 0.29) is 12.3 Å². The number of hydrogen-bond acceptors (Lipinski definition) is 4. The molecule has 110 valence electrons. The maximum absolute atomic E-state index is 10.8. The third-order valence-corrected chi connectivity index (χ3v) is 3.32. The lowest BCUT2D eigenvalue weighted by molar-refractivity contribution is -0.384. The largest absolute Gasteiger partial charge is 0.489 e. The molecule has 21 heavy (non-hydrogen) atoms. The molecule has 0 aliphatic carbocycles. The molecule has 2 aromatic rings. The van der Waals surface area contributed by atoms with Crippen molar-refractivity contribution in [3.8, 4) is 5.75 Å². The molecule has 0 saturated carbocycles. The maximum atomic E-state index is 10.8. The lowest BCUT2D eigenvalue weighted by Gasteiger charge is -2.12. The fourth-order valence-corrected chi connectivity index (χ4v) is 2.21. The molecule has 2 aromatic carbocycles. The van der Waals surface area contributed by atoms with Crippen LogP contribution in [0.5, 0.6) is 5.75 Å². The van der Waals surface area contributed by atoms with Crippen LogP contribution in [-0.2, 0) is 6.61 Å². The average Bonchev–Trinajstić information content (AvgIpc) is 2.46. The van der Waals surface area contributed by atoms with Crippen molar-refractivity contribution in [1.82, 2.24) is 0 Å². The van der Waals surface area contributed by atoms with Crippen LogP contribution in [0.4, 0.5) is 11.4 Å². The molecule has 6 heteroatoms. The molecule has 0 bridgehead atoms. The van der Waals surface area contributed by atoms with Gasteiger partial charge in [-0.2, -0.15) is 0 Å². The van der Waals surface area contributed by atoms with Crippen molar-refractivity contribution in [3.05, 3.63) is 62.7 Å². The van der Waals surface area contributed by atoms with Crippen molar-refractivity contribution in [2.75, 3.05) is 12.4 Å². The van der Waals surface area contributed by atoms with E-state index < -0.39 is 4.92 Å². The Labute approximate surface area is 127 Å². The smallest absolute Gasteiger partial charge is 0.269 e. The Morgan fingerprint density at radius 3 is 2.67 bits per heavy atom. The van der Waals surface area contributed by atoms with Crippen molar-refractivity contribution in [3.63, 3.8) is 0 Å². The minimum Gasteiger partial charge on any atom is -0.489 e. The molecule has 0 spiro atoms. The van der Waals surface area contributed by atoms with Crippen LogP contribution < -0.4 is 10.1 Å². The van der Waals surface area contributed by atoms with Gasteiger partial charge in [0.1, 0.15) is 12.4 Å². The Hall–Kier alpha value is -2.27. The standard InChI is InChI=1S/C15H15ClN2O3/c1-10-7-12(16)3-6-15(10)21-9-11-8-13(18(19)20)4-5-14(11)17-2/h3-8,17H,9H2,1-2H3. The van der Waals surface area contributed by atoms with Crippen molar-refractivity contribution < 1.29 is 9.66 Å². The van der Waals surface area contributed by atoms with Crippen LogP contribution in [0.15, 0.2) is 36.4 Å². The Morgan fingerprint density at radius 1 is 1.29 bits per heavy atom. The lowest BCUT2D eigenvalue weighted by atomic mass is 10.1. The van der Waals surface area contributed by atoms with Gasteiger partial charge >= 0.3 is 0 Å². The number of anilines is 1. The first-order chi connectivity index (χ1) is 10.0. The number of rotatable bonds is 5. The first-order valence-corrected chi connectivity index (χ1v) is 6.73. The van der Waals surface area contributed by atoms with Gasteiger partial charge in [-0.15, -0.1) is 0 Å². The van der Waals surface area contributed by atoms with Gasteiger partial charge in [-0.1, -0.05) is 11.6 Å². The first kappa shape index (κ1) is 15.1. The van der Waals surface area contributed by atoms with Crippen LogP contribution in [0, 0.1) is 17.0 Å². The number of non-ortho nitro benzene ring substituents is 1. The number of benzene rings is 2. The summed E-state index contributed by atoms with van der Waals surface area (Å²) < 4.78 is 5.73. The Bertz CT molecular complexity index is 674. The summed E-state index contributed by atoms with van der Waals surface area (Å²) in [6, 6.07) is 9.99. The van der Waals surface area contributed by atoms with E-state index in [9.17, 15) is 10.1 Å². The van der Waals surface area contributed by atoms with Crippen LogP contribution in [0.1, 0.15) is 11.1 Å². The van der Waals surface area contributed by atoms with E-state index in [2.05, 4.69) is 5.32 Å². The monoisotopic (exact) mass is 306 g/mol. The summed E-state index contributed by atoms with van der Waals surface area (Å²) in [6.45, 7) is 2.13. The molecule has 0 aromatic heterocycles. The van der Waals surface area contributed by atoms with Gasteiger partial charge in [-0.3, -0.25) is 10.1 Å². The second-order valence-corrected chi connectivity index (χ2v) is 4.98. The quantitative estimate of drug-likeness (QED) is 0.665. The van der Waals surface area contributed by atoms with Crippen molar-refractivity contribution in [2.24, 2.45) is 0 Å². The van der Waals surface area contributed by atoms with Gasteiger partial charge in [0.15, 0.2) is 0 Å². The average molecular weight is 307 g/mol. The van der Waals surface area contributed by atoms with Gasteiger partial charge in [0.2, 0.25) is 0 Å². The number of nitro groups is 1. The molecule has 0 amide bonds. The highest BCUT2D eigenvalue weighted by Crippen LogP contribution is 2.26. The van der Waals surface area contributed by atoms with Gasteiger partial charge in [0.25, 0.3) is 5.69 Å². The molecule has 5 nitrogen and oxygen atoms in total.